The molecule has 1 spiro atoms. The Morgan fingerprint density at radius 2 is 2.21 bits per heavy atom. The van der Waals surface area contributed by atoms with E-state index in [1.807, 2.05) is 0 Å². The number of anilines is 1. The summed E-state index contributed by atoms with van der Waals surface area (Å²) in [4.78, 5) is 4.34. The van der Waals surface area contributed by atoms with E-state index in [-0.39, 0.29) is 11.5 Å². The summed E-state index contributed by atoms with van der Waals surface area (Å²) in [5.41, 5.74) is -0.0983. The summed E-state index contributed by atoms with van der Waals surface area (Å²) >= 11 is 9.84. The molecule has 3 heterocycles. The molecule has 1 aliphatic heterocycles. The van der Waals surface area contributed by atoms with Gasteiger partial charge in [0.15, 0.2) is 0 Å². The van der Waals surface area contributed by atoms with Crippen molar-refractivity contribution in [2.75, 3.05) is 11.9 Å². The van der Waals surface area contributed by atoms with Crippen molar-refractivity contribution in [1.29, 1.82) is 0 Å². The lowest BCUT2D eigenvalue weighted by molar-refractivity contribution is -0.145. The van der Waals surface area contributed by atoms with Crippen LogP contribution in [0.25, 0.3) is 0 Å². The van der Waals surface area contributed by atoms with Gasteiger partial charge in [0, 0.05) is 29.9 Å². The molecule has 1 N–H and O–H groups in total. The fourth-order valence-electron chi connectivity index (χ4n) is 3.95. The van der Waals surface area contributed by atoms with E-state index in [2.05, 4.69) is 31.3 Å². The molecular formula is C15H13BrClF3N4. The molecule has 0 radical (unpaired) electrons. The first kappa shape index (κ1) is 16.2. The van der Waals surface area contributed by atoms with Crippen LogP contribution in [0.5, 0.6) is 0 Å². The van der Waals surface area contributed by atoms with Crippen molar-refractivity contribution in [3.05, 3.63) is 39.2 Å². The molecule has 1 saturated carbocycles. The topological polar surface area (TPSA) is 42.7 Å². The summed E-state index contributed by atoms with van der Waals surface area (Å²) < 4.78 is 41.3. The van der Waals surface area contributed by atoms with Crippen LogP contribution < -0.4 is 5.32 Å². The molecule has 2 aromatic heterocycles. The van der Waals surface area contributed by atoms with Crippen molar-refractivity contribution in [2.24, 2.45) is 0 Å². The molecule has 128 valence electrons. The van der Waals surface area contributed by atoms with E-state index < -0.39 is 11.9 Å². The molecule has 2 atom stereocenters. The van der Waals surface area contributed by atoms with Gasteiger partial charge in [-0.15, -0.1) is 0 Å². The summed E-state index contributed by atoms with van der Waals surface area (Å²) in [7, 11) is 0. The lowest BCUT2D eigenvalue weighted by atomic mass is 9.81. The van der Waals surface area contributed by atoms with Gasteiger partial charge in [0.25, 0.3) is 0 Å². The molecule has 2 aliphatic rings. The predicted molar refractivity (Wildman–Crippen MR) is 87.2 cm³/mol. The molecule has 2 aromatic rings. The molecule has 0 aromatic carbocycles. The maximum Gasteiger partial charge on any atom is 0.433 e. The zero-order valence-corrected chi connectivity index (χ0v) is 14.7. The smallest absolute Gasteiger partial charge is 0.369 e. The molecule has 0 saturated heterocycles. The quantitative estimate of drug-likeness (QED) is 0.719. The van der Waals surface area contributed by atoms with Crippen LogP contribution in [0.3, 0.4) is 0 Å². The highest BCUT2D eigenvalue weighted by molar-refractivity contribution is 9.10. The number of nitrogens with zero attached hydrogens (tertiary/aromatic N) is 3. The number of hydrogen-bond acceptors (Lipinski definition) is 3. The van der Waals surface area contributed by atoms with E-state index in [0.717, 1.165) is 28.6 Å². The molecule has 4 nitrogen and oxygen atoms in total. The van der Waals surface area contributed by atoms with Crippen molar-refractivity contribution in [1.82, 2.24) is 14.8 Å². The van der Waals surface area contributed by atoms with Gasteiger partial charge < -0.3 is 5.32 Å². The van der Waals surface area contributed by atoms with Crippen LogP contribution in [0.2, 0.25) is 5.02 Å². The Bertz CT molecular complexity index is 807. The zero-order valence-electron chi connectivity index (χ0n) is 12.4. The third kappa shape index (κ3) is 2.34. The van der Waals surface area contributed by atoms with Crippen molar-refractivity contribution < 1.29 is 13.2 Å². The number of nitrogens with one attached hydrogen (secondary N) is 1. The number of alkyl halides is 3. The maximum absolute atomic E-state index is 13.1. The second kappa shape index (κ2) is 5.36. The maximum atomic E-state index is 13.1. The SMILES string of the molecule is FC(F)(F)c1ccnn1[C@H]1CC[C@@]2(CNc3ncc(Br)c(Cl)c32)C1. The molecular weight excluding hydrogens is 409 g/mol. The monoisotopic (exact) mass is 420 g/mol. The zero-order chi connectivity index (χ0) is 17.1. The van der Waals surface area contributed by atoms with Gasteiger partial charge in [-0.2, -0.15) is 18.3 Å². The molecule has 0 bridgehead atoms. The lowest BCUT2D eigenvalue weighted by Gasteiger charge is -2.25. The van der Waals surface area contributed by atoms with E-state index in [4.69, 9.17) is 11.6 Å². The van der Waals surface area contributed by atoms with Crippen molar-refractivity contribution in [2.45, 2.75) is 36.9 Å². The standard InChI is InChI=1S/C15H13BrClF3N4/c16-9-6-21-13-11(12(9)17)14(7-22-13)3-1-8(5-14)24-10(2-4-23-24)15(18,19)20/h2,4,6,8H,1,3,5,7H2,(H,21,22)/t8-,14-/m0/s1. The van der Waals surface area contributed by atoms with Gasteiger partial charge >= 0.3 is 6.18 Å². The minimum Gasteiger partial charge on any atom is -0.369 e. The molecule has 0 amide bonds. The number of rotatable bonds is 1. The van der Waals surface area contributed by atoms with E-state index in [0.29, 0.717) is 28.9 Å². The van der Waals surface area contributed by atoms with Crippen LogP contribution in [0.1, 0.15) is 36.6 Å². The Morgan fingerprint density at radius 3 is 2.96 bits per heavy atom. The number of halogens is 5. The minimum atomic E-state index is -4.40. The van der Waals surface area contributed by atoms with Crippen molar-refractivity contribution in [3.8, 4) is 0 Å². The number of pyridine rings is 1. The summed E-state index contributed by atoms with van der Waals surface area (Å²) in [6.07, 6.45) is 0.353. The first-order valence-electron chi connectivity index (χ1n) is 7.51. The first-order valence-corrected chi connectivity index (χ1v) is 8.68. The van der Waals surface area contributed by atoms with E-state index in [1.165, 1.54) is 6.20 Å². The molecule has 4 rings (SSSR count). The average Bonchev–Trinajstić information content (AvgIpc) is 3.21. The Labute approximate surface area is 149 Å². The van der Waals surface area contributed by atoms with Crippen LogP contribution in [0.15, 0.2) is 22.9 Å². The van der Waals surface area contributed by atoms with Gasteiger partial charge in [0.1, 0.15) is 11.5 Å². The third-order valence-electron chi connectivity index (χ3n) is 4.99. The fraction of sp³-hybridized carbons (Fsp3) is 0.467. The van der Waals surface area contributed by atoms with Gasteiger partial charge in [-0.05, 0) is 41.3 Å². The first-order chi connectivity index (χ1) is 11.3. The highest BCUT2D eigenvalue weighted by Crippen LogP contribution is 2.54. The molecule has 9 heteroatoms. The van der Waals surface area contributed by atoms with Gasteiger partial charge in [0.05, 0.1) is 15.5 Å². The molecule has 24 heavy (non-hydrogen) atoms. The summed E-state index contributed by atoms with van der Waals surface area (Å²) in [6, 6.07) is 0.719. The van der Waals surface area contributed by atoms with Gasteiger partial charge in [-0.25, -0.2) is 4.98 Å². The lowest BCUT2D eigenvalue weighted by Crippen LogP contribution is -2.26. The Balaban J connectivity index is 1.71. The summed E-state index contributed by atoms with van der Waals surface area (Å²) in [6.45, 7) is 0.630. The van der Waals surface area contributed by atoms with Crippen molar-refractivity contribution in [3.63, 3.8) is 0 Å². The Morgan fingerprint density at radius 1 is 1.42 bits per heavy atom. The number of fused-ring (bicyclic) bond motifs is 2. The summed E-state index contributed by atoms with van der Waals surface area (Å²) in [5.74, 6) is 0.723. The van der Waals surface area contributed by atoms with Crippen LogP contribution >= 0.6 is 27.5 Å². The average molecular weight is 422 g/mol. The predicted octanol–water partition coefficient (Wildman–Crippen LogP) is 4.80. The van der Waals surface area contributed by atoms with Crippen LogP contribution in [0, 0.1) is 0 Å². The fourth-order valence-corrected chi connectivity index (χ4v) is 4.59. The number of aromatic nitrogens is 3. The summed E-state index contributed by atoms with van der Waals surface area (Å²) in [5, 5.41) is 7.76. The Hall–Kier alpha value is -1.28. The van der Waals surface area contributed by atoms with Crippen molar-refractivity contribution >= 4 is 33.3 Å². The second-order valence-corrected chi connectivity index (χ2v) is 7.57. The Kier molecular flexibility index (Phi) is 3.62. The van der Waals surface area contributed by atoms with E-state index >= 15 is 0 Å². The minimum absolute atomic E-state index is 0.303. The van der Waals surface area contributed by atoms with Crippen LogP contribution in [-0.2, 0) is 11.6 Å². The highest BCUT2D eigenvalue weighted by Gasteiger charge is 2.49. The van der Waals surface area contributed by atoms with Gasteiger partial charge in [0.2, 0.25) is 0 Å². The van der Waals surface area contributed by atoms with Gasteiger partial charge in [-0.3, -0.25) is 4.68 Å². The van der Waals surface area contributed by atoms with Gasteiger partial charge in [-0.1, -0.05) is 11.6 Å². The molecule has 0 unspecified atom stereocenters. The molecule has 1 fully saturated rings. The molecule has 1 aliphatic carbocycles. The largest absolute Gasteiger partial charge is 0.433 e. The second-order valence-electron chi connectivity index (χ2n) is 6.33. The normalized spacial score (nSPS) is 26.0. The third-order valence-corrected chi connectivity index (χ3v) is 6.21. The van der Waals surface area contributed by atoms with Crippen LogP contribution in [0.4, 0.5) is 19.0 Å². The highest BCUT2D eigenvalue weighted by atomic mass is 79.9. The van der Waals surface area contributed by atoms with E-state index in [9.17, 15) is 13.2 Å². The number of hydrogen-bond donors (Lipinski definition) is 1. The van der Waals surface area contributed by atoms with E-state index in [1.54, 1.807) is 6.20 Å². The van der Waals surface area contributed by atoms with Crippen LogP contribution in [-0.4, -0.2) is 21.3 Å².